The van der Waals surface area contributed by atoms with Gasteiger partial charge in [-0.2, -0.15) is 5.26 Å². The number of rotatable bonds is 3. The molecule has 2 rings (SSSR count). The van der Waals surface area contributed by atoms with E-state index in [4.69, 9.17) is 10.4 Å². The van der Waals surface area contributed by atoms with E-state index in [1.165, 1.54) is 18.2 Å². The minimum atomic E-state index is -0.915. The number of carbonyl (C=O) groups is 1. The van der Waals surface area contributed by atoms with Gasteiger partial charge in [0.1, 0.15) is 11.9 Å². The van der Waals surface area contributed by atoms with Crippen LogP contribution in [0.25, 0.3) is 0 Å². The van der Waals surface area contributed by atoms with Crippen LogP contribution >= 0.6 is 0 Å². The second-order valence-corrected chi connectivity index (χ2v) is 4.44. The quantitative estimate of drug-likeness (QED) is 0.833. The van der Waals surface area contributed by atoms with Gasteiger partial charge in [0.2, 0.25) is 0 Å². The third-order valence-corrected chi connectivity index (χ3v) is 3.20. The SMILES string of the molecule is N#Cc1ccc(F)cc1CN1CCNCC1C(=O)O. The van der Waals surface area contributed by atoms with Crippen LogP contribution in [0.5, 0.6) is 0 Å². The summed E-state index contributed by atoms with van der Waals surface area (Å²) < 4.78 is 13.2. The van der Waals surface area contributed by atoms with E-state index in [0.717, 1.165) is 0 Å². The lowest BCUT2D eigenvalue weighted by Gasteiger charge is -2.33. The molecule has 100 valence electrons. The number of aliphatic carboxylic acids is 1. The first kappa shape index (κ1) is 13.5. The van der Waals surface area contributed by atoms with Crippen molar-refractivity contribution in [2.75, 3.05) is 19.6 Å². The number of nitrogens with zero attached hydrogens (tertiary/aromatic N) is 2. The molecular weight excluding hydrogens is 249 g/mol. The van der Waals surface area contributed by atoms with Gasteiger partial charge in [-0.25, -0.2) is 4.39 Å². The van der Waals surface area contributed by atoms with Gasteiger partial charge in [-0.15, -0.1) is 0 Å². The van der Waals surface area contributed by atoms with Crippen molar-refractivity contribution in [2.45, 2.75) is 12.6 Å². The van der Waals surface area contributed by atoms with Gasteiger partial charge in [0.05, 0.1) is 11.6 Å². The van der Waals surface area contributed by atoms with Crippen molar-refractivity contribution < 1.29 is 14.3 Å². The molecule has 0 radical (unpaired) electrons. The Bertz CT molecular complexity index is 527. The Morgan fingerprint density at radius 1 is 1.63 bits per heavy atom. The van der Waals surface area contributed by atoms with E-state index in [1.54, 1.807) is 4.90 Å². The topological polar surface area (TPSA) is 76.4 Å². The first-order valence-electron chi connectivity index (χ1n) is 5.98. The number of benzene rings is 1. The molecule has 1 aromatic carbocycles. The lowest BCUT2D eigenvalue weighted by atomic mass is 10.1. The van der Waals surface area contributed by atoms with Gasteiger partial charge < -0.3 is 10.4 Å². The molecule has 1 saturated heterocycles. The zero-order chi connectivity index (χ0) is 13.8. The zero-order valence-electron chi connectivity index (χ0n) is 10.3. The van der Waals surface area contributed by atoms with Gasteiger partial charge in [0.25, 0.3) is 0 Å². The summed E-state index contributed by atoms with van der Waals surface area (Å²) in [6.45, 7) is 1.85. The monoisotopic (exact) mass is 263 g/mol. The normalized spacial score (nSPS) is 19.9. The summed E-state index contributed by atoms with van der Waals surface area (Å²) in [5.41, 5.74) is 0.903. The molecular formula is C13H14FN3O2. The Kier molecular flexibility index (Phi) is 4.10. The van der Waals surface area contributed by atoms with Crippen molar-refractivity contribution in [1.29, 1.82) is 5.26 Å². The minimum absolute atomic E-state index is 0.263. The van der Waals surface area contributed by atoms with Crippen LogP contribution < -0.4 is 5.32 Å². The van der Waals surface area contributed by atoms with E-state index in [1.807, 2.05) is 6.07 Å². The standard InChI is InChI=1S/C13H14FN3O2/c14-11-2-1-9(6-15)10(5-11)8-17-4-3-16-7-12(17)13(18)19/h1-2,5,12,16H,3-4,7-8H2,(H,18,19). The fraction of sp³-hybridized carbons (Fsp3) is 0.385. The molecule has 1 heterocycles. The van der Waals surface area contributed by atoms with Gasteiger partial charge in [-0.1, -0.05) is 0 Å². The molecule has 19 heavy (non-hydrogen) atoms. The fourth-order valence-electron chi connectivity index (χ4n) is 2.20. The molecule has 1 aliphatic heterocycles. The highest BCUT2D eigenvalue weighted by Gasteiger charge is 2.28. The molecule has 2 N–H and O–H groups in total. The number of halogens is 1. The molecule has 1 aliphatic rings. The highest BCUT2D eigenvalue weighted by atomic mass is 19.1. The second-order valence-electron chi connectivity index (χ2n) is 4.44. The molecule has 1 fully saturated rings. The smallest absolute Gasteiger partial charge is 0.322 e. The van der Waals surface area contributed by atoms with Crippen LogP contribution in [0, 0.1) is 17.1 Å². The average molecular weight is 263 g/mol. The van der Waals surface area contributed by atoms with Gasteiger partial charge in [0, 0.05) is 26.2 Å². The maximum absolute atomic E-state index is 13.2. The predicted octanol–water partition coefficient (Wildman–Crippen LogP) is 0.556. The Morgan fingerprint density at radius 3 is 3.11 bits per heavy atom. The Balaban J connectivity index is 2.22. The highest BCUT2D eigenvalue weighted by molar-refractivity contribution is 5.74. The summed E-state index contributed by atoms with van der Waals surface area (Å²) in [4.78, 5) is 12.9. The lowest BCUT2D eigenvalue weighted by molar-refractivity contribution is -0.144. The summed E-state index contributed by atoms with van der Waals surface area (Å²) in [5.74, 6) is -1.34. The van der Waals surface area contributed by atoms with Crippen molar-refractivity contribution in [1.82, 2.24) is 10.2 Å². The van der Waals surface area contributed by atoms with Crippen LogP contribution in [0.15, 0.2) is 18.2 Å². The minimum Gasteiger partial charge on any atom is -0.480 e. The molecule has 5 nitrogen and oxygen atoms in total. The Labute approximate surface area is 110 Å². The van der Waals surface area contributed by atoms with Crippen LogP contribution in [0.2, 0.25) is 0 Å². The van der Waals surface area contributed by atoms with Gasteiger partial charge in [-0.05, 0) is 23.8 Å². The van der Waals surface area contributed by atoms with Gasteiger partial charge in [0.15, 0.2) is 0 Å². The summed E-state index contributed by atoms with van der Waals surface area (Å²) in [6, 6.07) is 5.29. The molecule has 0 saturated carbocycles. The number of hydrogen-bond acceptors (Lipinski definition) is 4. The fourth-order valence-corrected chi connectivity index (χ4v) is 2.20. The molecule has 1 aromatic rings. The van der Waals surface area contributed by atoms with Crippen molar-refractivity contribution in [3.63, 3.8) is 0 Å². The summed E-state index contributed by atoms with van der Waals surface area (Å²) in [6.07, 6.45) is 0. The maximum Gasteiger partial charge on any atom is 0.322 e. The summed E-state index contributed by atoms with van der Waals surface area (Å²) in [7, 11) is 0. The molecule has 1 atom stereocenters. The maximum atomic E-state index is 13.2. The van der Waals surface area contributed by atoms with Crippen molar-refractivity contribution in [3.05, 3.63) is 35.1 Å². The average Bonchev–Trinajstić information content (AvgIpc) is 2.39. The summed E-state index contributed by atoms with van der Waals surface area (Å²) in [5, 5.41) is 21.2. The number of carboxylic acids is 1. The van der Waals surface area contributed by atoms with Crippen molar-refractivity contribution >= 4 is 5.97 Å². The van der Waals surface area contributed by atoms with Crippen molar-refractivity contribution in [3.8, 4) is 6.07 Å². The first-order valence-corrected chi connectivity index (χ1v) is 5.98. The second kappa shape index (κ2) is 5.78. The Hall–Kier alpha value is -1.97. The molecule has 0 bridgehead atoms. The largest absolute Gasteiger partial charge is 0.480 e. The number of nitrogens with one attached hydrogen (secondary N) is 1. The highest BCUT2D eigenvalue weighted by Crippen LogP contribution is 2.16. The third-order valence-electron chi connectivity index (χ3n) is 3.20. The van der Waals surface area contributed by atoms with Gasteiger partial charge >= 0.3 is 5.97 Å². The number of nitriles is 1. The molecule has 6 heteroatoms. The van der Waals surface area contributed by atoms with E-state index in [0.29, 0.717) is 30.8 Å². The zero-order valence-corrected chi connectivity index (χ0v) is 10.3. The number of hydrogen-bond donors (Lipinski definition) is 2. The van der Waals surface area contributed by atoms with E-state index >= 15 is 0 Å². The molecule has 1 unspecified atom stereocenters. The molecule has 0 amide bonds. The van der Waals surface area contributed by atoms with Crippen LogP contribution in [0.1, 0.15) is 11.1 Å². The number of piperazine rings is 1. The van der Waals surface area contributed by atoms with E-state index in [9.17, 15) is 9.18 Å². The van der Waals surface area contributed by atoms with E-state index < -0.39 is 17.8 Å². The predicted molar refractivity (Wildman–Crippen MR) is 65.8 cm³/mol. The first-order chi connectivity index (χ1) is 9.11. The molecule has 0 spiro atoms. The number of carboxylic acid groups (broad SMARTS) is 1. The van der Waals surface area contributed by atoms with Crippen LogP contribution in [-0.4, -0.2) is 41.7 Å². The van der Waals surface area contributed by atoms with Crippen LogP contribution in [0.3, 0.4) is 0 Å². The van der Waals surface area contributed by atoms with E-state index in [2.05, 4.69) is 5.32 Å². The Morgan fingerprint density at radius 2 is 2.42 bits per heavy atom. The molecule has 0 aromatic heterocycles. The third kappa shape index (κ3) is 3.08. The molecule has 0 aliphatic carbocycles. The lowest BCUT2D eigenvalue weighted by Crippen LogP contribution is -2.54. The van der Waals surface area contributed by atoms with Gasteiger partial charge in [-0.3, -0.25) is 9.69 Å². The van der Waals surface area contributed by atoms with E-state index in [-0.39, 0.29) is 6.54 Å². The van der Waals surface area contributed by atoms with Crippen LogP contribution in [-0.2, 0) is 11.3 Å². The van der Waals surface area contributed by atoms with Crippen molar-refractivity contribution in [2.24, 2.45) is 0 Å². The van der Waals surface area contributed by atoms with Crippen LogP contribution in [0.4, 0.5) is 4.39 Å². The summed E-state index contributed by atoms with van der Waals surface area (Å²) >= 11 is 0.